The number of esters is 1. The van der Waals surface area contributed by atoms with Gasteiger partial charge in [0.15, 0.2) is 0 Å². The Morgan fingerprint density at radius 3 is 2.29 bits per heavy atom. The lowest BCUT2D eigenvalue weighted by molar-refractivity contribution is -0.141. The van der Waals surface area contributed by atoms with Gasteiger partial charge in [-0.15, -0.1) is 0 Å². The van der Waals surface area contributed by atoms with E-state index in [0.717, 1.165) is 17.7 Å². The maximum absolute atomic E-state index is 13.6. The van der Waals surface area contributed by atoms with Crippen molar-refractivity contribution >= 4 is 17.6 Å². The summed E-state index contributed by atoms with van der Waals surface area (Å²) in [6.45, 7) is 5.59. The number of rotatable bonds is 4. The van der Waals surface area contributed by atoms with Gasteiger partial charge in [0.1, 0.15) is 12.0 Å². The maximum Gasteiger partial charge on any atom is 0.416 e. The van der Waals surface area contributed by atoms with Crippen LogP contribution >= 0.6 is 0 Å². The zero-order valence-corrected chi connectivity index (χ0v) is 19.1. The summed E-state index contributed by atoms with van der Waals surface area (Å²) in [6, 6.07) is 13.9. The monoisotopic (exact) mass is 470 g/mol. The van der Waals surface area contributed by atoms with E-state index in [1.807, 2.05) is 51.1 Å². The van der Waals surface area contributed by atoms with Crippen LogP contribution in [-0.2, 0) is 27.1 Å². The molecule has 0 saturated carbocycles. The average Bonchev–Trinajstić information content (AvgIpc) is 3.35. The molecule has 2 aromatic rings. The van der Waals surface area contributed by atoms with Gasteiger partial charge in [0.05, 0.1) is 16.8 Å². The molecule has 0 bridgehead atoms. The van der Waals surface area contributed by atoms with Crippen molar-refractivity contribution in [2.24, 2.45) is 10.5 Å². The molecule has 2 aromatic carbocycles. The summed E-state index contributed by atoms with van der Waals surface area (Å²) in [5, 5.41) is 5.93. The van der Waals surface area contributed by atoms with Gasteiger partial charge in [-0.05, 0) is 56.9 Å². The maximum atomic E-state index is 13.6. The predicted octanol–water partition coefficient (Wildman–Crippen LogP) is 5.50. The Morgan fingerprint density at radius 1 is 1.06 bits per heavy atom. The number of amides is 1. The molecule has 0 radical (unpaired) electrons. The Bertz CT molecular complexity index is 1160. The van der Waals surface area contributed by atoms with E-state index >= 15 is 0 Å². The minimum Gasteiger partial charge on any atom is -0.457 e. The smallest absolute Gasteiger partial charge is 0.416 e. The highest BCUT2D eigenvalue weighted by molar-refractivity contribution is 6.21. The predicted molar refractivity (Wildman–Crippen MR) is 121 cm³/mol. The molecule has 1 spiro atoms. The van der Waals surface area contributed by atoms with Crippen LogP contribution < -0.4 is 0 Å². The Hall–Kier alpha value is -3.42. The van der Waals surface area contributed by atoms with Gasteiger partial charge >= 0.3 is 12.1 Å². The van der Waals surface area contributed by atoms with Crippen molar-refractivity contribution in [1.29, 1.82) is 0 Å². The van der Waals surface area contributed by atoms with Gasteiger partial charge in [0.25, 0.3) is 5.91 Å². The van der Waals surface area contributed by atoms with E-state index in [1.165, 1.54) is 17.1 Å². The largest absolute Gasteiger partial charge is 0.457 e. The third kappa shape index (κ3) is 4.36. The van der Waals surface area contributed by atoms with Crippen LogP contribution in [0.15, 0.2) is 71.3 Å². The second kappa shape index (κ2) is 8.42. The molecule has 1 heterocycles. The number of carbonyl (C=O) groups excluding carboxylic acids is 2. The van der Waals surface area contributed by atoms with Crippen LogP contribution in [0.5, 0.6) is 0 Å². The molecule has 8 heteroatoms. The van der Waals surface area contributed by atoms with Crippen LogP contribution in [-0.4, -0.2) is 28.1 Å². The number of ether oxygens (including phenoxy) is 1. The van der Waals surface area contributed by atoms with Gasteiger partial charge in [-0.3, -0.25) is 4.79 Å². The normalized spacial score (nSPS) is 20.5. The van der Waals surface area contributed by atoms with E-state index in [9.17, 15) is 22.8 Å². The van der Waals surface area contributed by atoms with Gasteiger partial charge in [-0.25, -0.2) is 9.80 Å². The third-order valence-electron chi connectivity index (χ3n) is 6.04. The number of halogens is 3. The lowest BCUT2D eigenvalue weighted by Crippen LogP contribution is -2.45. The summed E-state index contributed by atoms with van der Waals surface area (Å²) in [5.41, 5.74) is -0.601. The molecule has 2 aliphatic rings. The summed E-state index contributed by atoms with van der Waals surface area (Å²) >= 11 is 0. The fourth-order valence-electron chi connectivity index (χ4n) is 4.23. The lowest BCUT2D eigenvalue weighted by Gasteiger charge is -2.31. The first-order valence-electron chi connectivity index (χ1n) is 10.9. The molecule has 5 nitrogen and oxygen atoms in total. The molecule has 1 amide bonds. The molecular formula is C26H25F3N2O3. The molecule has 34 heavy (non-hydrogen) atoms. The topological polar surface area (TPSA) is 59.0 Å². The summed E-state index contributed by atoms with van der Waals surface area (Å²) in [4.78, 5) is 26.3. The first-order chi connectivity index (χ1) is 15.9. The van der Waals surface area contributed by atoms with Crippen LogP contribution in [0.2, 0.25) is 0 Å². The Kier molecular flexibility index (Phi) is 5.87. The van der Waals surface area contributed by atoms with E-state index in [1.54, 1.807) is 6.08 Å². The van der Waals surface area contributed by atoms with Crippen molar-refractivity contribution < 1.29 is 27.5 Å². The van der Waals surface area contributed by atoms with Crippen molar-refractivity contribution in [1.82, 2.24) is 5.01 Å². The molecule has 0 fully saturated rings. The molecule has 4 rings (SSSR count). The number of carbonyl (C=O) groups is 2. The van der Waals surface area contributed by atoms with E-state index in [-0.39, 0.29) is 25.4 Å². The molecule has 1 aliphatic carbocycles. The second-order valence-corrected chi connectivity index (χ2v) is 9.57. The van der Waals surface area contributed by atoms with Crippen LogP contribution in [0.1, 0.15) is 50.3 Å². The second-order valence-electron chi connectivity index (χ2n) is 9.57. The van der Waals surface area contributed by atoms with E-state index in [0.29, 0.717) is 16.8 Å². The number of hydrogen-bond acceptors (Lipinski definition) is 4. The van der Waals surface area contributed by atoms with Gasteiger partial charge in [0.2, 0.25) is 0 Å². The number of nitrogens with zero attached hydrogens (tertiary/aromatic N) is 2. The minimum absolute atomic E-state index is 0.0753. The summed E-state index contributed by atoms with van der Waals surface area (Å²) < 4.78 is 44.6. The first kappa shape index (κ1) is 23.7. The number of alkyl halides is 3. The number of hydrogen-bond donors (Lipinski definition) is 0. The van der Waals surface area contributed by atoms with Crippen LogP contribution in [0.25, 0.3) is 0 Å². The summed E-state index contributed by atoms with van der Waals surface area (Å²) in [6.07, 6.45) is -2.50. The third-order valence-corrected chi connectivity index (χ3v) is 6.04. The van der Waals surface area contributed by atoms with Crippen molar-refractivity contribution in [3.8, 4) is 0 Å². The molecule has 0 saturated heterocycles. The van der Waals surface area contributed by atoms with E-state index in [4.69, 9.17) is 4.74 Å². The molecule has 1 aliphatic heterocycles. The molecule has 1 atom stereocenters. The number of allylic oxidation sites excluding steroid dienone is 1. The Morgan fingerprint density at radius 2 is 1.71 bits per heavy atom. The fraction of sp³-hybridized carbons (Fsp3) is 0.346. The minimum atomic E-state index is -4.47. The Balaban J connectivity index is 1.61. The zero-order chi connectivity index (χ0) is 24.7. The number of benzene rings is 2. The van der Waals surface area contributed by atoms with E-state index in [2.05, 4.69) is 5.10 Å². The summed E-state index contributed by atoms with van der Waals surface area (Å²) in [7, 11) is 0. The van der Waals surface area contributed by atoms with Crippen LogP contribution in [0.3, 0.4) is 0 Å². The van der Waals surface area contributed by atoms with Gasteiger partial charge < -0.3 is 4.74 Å². The highest BCUT2D eigenvalue weighted by Gasteiger charge is 2.56. The first-order valence-corrected chi connectivity index (χ1v) is 10.9. The highest BCUT2D eigenvalue weighted by Crippen LogP contribution is 2.48. The molecular weight excluding hydrogens is 445 g/mol. The van der Waals surface area contributed by atoms with Gasteiger partial charge in [0, 0.05) is 5.57 Å². The zero-order valence-electron chi connectivity index (χ0n) is 19.1. The van der Waals surface area contributed by atoms with E-state index < -0.39 is 28.7 Å². The molecule has 0 aromatic heterocycles. The highest BCUT2D eigenvalue weighted by atomic mass is 19.4. The average molecular weight is 470 g/mol. The van der Waals surface area contributed by atoms with Crippen LogP contribution in [0.4, 0.5) is 13.2 Å². The molecule has 0 unspecified atom stereocenters. The van der Waals surface area contributed by atoms with Crippen LogP contribution in [0, 0.1) is 5.41 Å². The lowest BCUT2D eigenvalue weighted by atomic mass is 9.76. The Labute approximate surface area is 195 Å². The van der Waals surface area contributed by atoms with Crippen molar-refractivity contribution in [2.75, 3.05) is 0 Å². The molecule has 178 valence electrons. The van der Waals surface area contributed by atoms with Crippen molar-refractivity contribution in [3.05, 3.63) is 82.9 Å². The quantitative estimate of drug-likeness (QED) is 0.555. The standard InChI is InChI=1S/C26H25F3N2O3/c1-24(2,3)31-23(33)25(21(30-31)18-9-11-20(12-10-18)26(27,28)29)14-13-19(15-25)22(32)34-16-17-7-5-4-6-8-17/h4-13H,14-16H2,1-3H3/t25-/m1/s1. The summed E-state index contributed by atoms with van der Waals surface area (Å²) in [5.74, 6) is -0.800. The fourth-order valence-corrected chi connectivity index (χ4v) is 4.23. The van der Waals surface area contributed by atoms with Gasteiger partial charge in [-0.1, -0.05) is 48.5 Å². The van der Waals surface area contributed by atoms with Crippen molar-refractivity contribution in [3.63, 3.8) is 0 Å². The number of hydrazone groups is 1. The van der Waals surface area contributed by atoms with Crippen molar-refractivity contribution in [2.45, 2.75) is 51.9 Å². The van der Waals surface area contributed by atoms with Gasteiger partial charge in [-0.2, -0.15) is 18.3 Å². The SMILES string of the molecule is CC(C)(C)N1N=C(c2ccc(C(F)(F)F)cc2)[C@]2(CC=C(C(=O)OCc3ccccc3)C2)C1=O. The molecule has 0 N–H and O–H groups in total.